The number of carbonyl (C=O) groups is 1. The van der Waals surface area contributed by atoms with Crippen LogP contribution in [0.3, 0.4) is 0 Å². The number of hydrogen-bond donors (Lipinski definition) is 2. The minimum absolute atomic E-state index is 0.220. The van der Waals surface area contributed by atoms with Gasteiger partial charge in [-0.1, -0.05) is 0 Å². The molecule has 2 rings (SSSR count). The molecule has 24 heavy (non-hydrogen) atoms. The Labute approximate surface area is 145 Å². The molecule has 2 heterocycles. The van der Waals surface area contributed by atoms with E-state index in [1.54, 1.807) is 4.90 Å². The summed E-state index contributed by atoms with van der Waals surface area (Å²) in [5.74, 6) is 0.810. The zero-order valence-electron chi connectivity index (χ0n) is 15.4. The summed E-state index contributed by atoms with van der Waals surface area (Å²) >= 11 is 0. The van der Waals surface area contributed by atoms with E-state index in [9.17, 15) is 4.79 Å². The molecular weight excluding hydrogens is 308 g/mol. The fraction of sp³-hybridized carbons (Fsp3) is 0.882. The molecule has 2 aliphatic heterocycles. The van der Waals surface area contributed by atoms with Gasteiger partial charge in [0, 0.05) is 32.8 Å². The molecule has 1 atom stereocenters. The van der Waals surface area contributed by atoms with E-state index in [-0.39, 0.29) is 12.1 Å². The van der Waals surface area contributed by atoms with Crippen LogP contribution in [0.25, 0.3) is 0 Å². The highest BCUT2D eigenvalue weighted by Crippen LogP contribution is 2.16. The summed E-state index contributed by atoms with van der Waals surface area (Å²) in [6.45, 7) is 11.4. The van der Waals surface area contributed by atoms with Gasteiger partial charge in [-0.15, -0.1) is 0 Å². The quantitative estimate of drug-likeness (QED) is 0.589. The predicted molar refractivity (Wildman–Crippen MR) is 94.3 cm³/mol. The van der Waals surface area contributed by atoms with E-state index in [1.807, 2.05) is 27.7 Å². The van der Waals surface area contributed by atoms with Crippen molar-refractivity contribution in [3.63, 3.8) is 0 Å². The SMILES string of the molecule is CCNC(=NCCC1CCCO1)NC1CN(C(=O)OC(C)(C)C)C1. The first-order chi connectivity index (χ1) is 11.4. The van der Waals surface area contributed by atoms with Gasteiger partial charge in [-0.3, -0.25) is 4.99 Å². The predicted octanol–water partition coefficient (Wildman–Crippen LogP) is 1.73. The van der Waals surface area contributed by atoms with Crippen molar-refractivity contribution in [2.75, 3.05) is 32.8 Å². The van der Waals surface area contributed by atoms with E-state index in [0.29, 0.717) is 19.2 Å². The van der Waals surface area contributed by atoms with Gasteiger partial charge in [0.2, 0.25) is 0 Å². The number of amides is 1. The monoisotopic (exact) mass is 340 g/mol. The summed E-state index contributed by atoms with van der Waals surface area (Å²) in [7, 11) is 0. The van der Waals surface area contributed by atoms with Crippen molar-refractivity contribution in [2.45, 2.75) is 64.7 Å². The molecule has 0 spiro atoms. The lowest BCUT2D eigenvalue weighted by molar-refractivity contribution is 0.00700. The van der Waals surface area contributed by atoms with Crippen molar-refractivity contribution >= 4 is 12.1 Å². The van der Waals surface area contributed by atoms with Crippen molar-refractivity contribution in [3.05, 3.63) is 0 Å². The van der Waals surface area contributed by atoms with Crippen LogP contribution in [0, 0.1) is 0 Å². The van der Waals surface area contributed by atoms with Gasteiger partial charge in [-0.2, -0.15) is 0 Å². The molecule has 1 amide bonds. The lowest BCUT2D eigenvalue weighted by Crippen LogP contribution is -2.63. The molecule has 138 valence electrons. The van der Waals surface area contributed by atoms with E-state index < -0.39 is 5.60 Å². The largest absolute Gasteiger partial charge is 0.444 e. The smallest absolute Gasteiger partial charge is 0.410 e. The number of nitrogens with one attached hydrogen (secondary N) is 2. The third-order valence-electron chi connectivity index (χ3n) is 3.96. The van der Waals surface area contributed by atoms with Crippen molar-refractivity contribution in [3.8, 4) is 0 Å². The zero-order chi connectivity index (χ0) is 17.6. The van der Waals surface area contributed by atoms with Gasteiger partial charge in [-0.25, -0.2) is 4.79 Å². The number of nitrogens with zero attached hydrogens (tertiary/aromatic N) is 2. The van der Waals surface area contributed by atoms with Crippen LogP contribution >= 0.6 is 0 Å². The molecule has 2 saturated heterocycles. The standard InChI is InChI=1S/C17H32N4O3/c1-5-18-15(19-9-8-14-7-6-10-23-14)20-13-11-21(12-13)16(22)24-17(2,3)4/h13-14H,5-12H2,1-4H3,(H2,18,19,20). The van der Waals surface area contributed by atoms with Gasteiger partial charge in [-0.05, 0) is 47.0 Å². The molecule has 0 saturated carbocycles. The Morgan fingerprint density at radius 3 is 2.71 bits per heavy atom. The number of hydrogen-bond acceptors (Lipinski definition) is 4. The molecule has 0 radical (unpaired) electrons. The Balaban J connectivity index is 1.70. The Morgan fingerprint density at radius 2 is 2.12 bits per heavy atom. The second-order valence-corrected chi connectivity index (χ2v) is 7.41. The van der Waals surface area contributed by atoms with Crippen LogP contribution in [-0.4, -0.2) is 67.5 Å². The fourth-order valence-corrected chi connectivity index (χ4v) is 2.75. The molecule has 0 aromatic carbocycles. The Bertz CT molecular complexity index is 436. The van der Waals surface area contributed by atoms with Gasteiger partial charge < -0.3 is 25.0 Å². The average Bonchev–Trinajstić information content (AvgIpc) is 2.93. The van der Waals surface area contributed by atoms with E-state index >= 15 is 0 Å². The summed E-state index contributed by atoms with van der Waals surface area (Å²) < 4.78 is 11.0. The topological polar surface area (TPSA) is 75.2 Å². The van der Waals surface area contributed by atoms with Gasteiger partial charge in [0.15, 0.2) is 5.96 Å². The molecule has 0 aromatic heterocycles. The maximum atomic E-state index is 11.9. The second-order valence-electron chi connectivity index (χ2n) is 7.41. The Hall–Kier alpha value is -1.50. The van der Waals surface area contributed by atoms with Crippen LogP contribution in [-0.2, 0) is 9.47 Å². The van der Waals surface area contributed by atoms with Crippen LogP contribution in [0.1, 0.15) is 47.0 Å². The Morgan fingerprint density at radius 1 is 1.38 bits per heavy atom. The van der Waals surface area contributed by atoms with Gasteiger partial charge >= 0.3 is 6.09 Å². The van der Waals surface area contributed by atoms with Crippen molar-refractivity contribution in [1.82, 2.24) is 15.5 Å². The highest BCUT2D eigenvalue weighted by atomic mass is 16.6. The first-order valence-electron chi connectivity index (χ1n) is 9.01. The van der Waals surface area contributed by atoms with Crippen LogP contribution in [0.5, 0.6) is 0 Å². The fourth-order valence-electron chi connectivity index (χ4n) is 2.75. The highest BCUT2D eigenvalue weighted by molar-refractivity contribution is 5.80. The van der Waals surface area contributed by atoms with Crippen molar-refractivity contribution in [2.24, 2.45) is 4.99 Å². The number of rotatable bonds is 5. The van der Waals surface area contributed by atoms with E-state index in [2.05, 4.69) is 15.6 Å². The number of guanidine groups is 1. The first kappa shape index (κ1) is 18.8. The number of likely N-dealkylation sites (tertiary alicyclic amines) is 1. The minimum Gasteiger partial charge on any atom is -0.444 e. The molecule has 2 aliphatic rings. The van der Waals surface area contributed by atoms with Crippen LogP contribution in [0.15, 0.2) is 4.99 Å². The summed E-state index contributed by atoms with van der Waals surface area (Å²) in [5, 5.41) is 6.63. The van der Waals surface area contributed by atoms with Gasteiger partial charge in [0.25, 0.3) is 0 Å². The van der Waals surface area contributed by atoms with Crippen LogP contribution in [0.4, 0.5) is 4.79 Å². The van der Waals surface area contributed by atoms with E-state index in [1.165, 1.54) is 0 Å². The summed E-state index contributed by atoms with van der Waals surface area (Å²) in [4.78, 5) is 18.2. The van der Waals surface area contributed by atoms with E-state index in [4.69, 9.17) is 9.47 Å². The molecule has 2 N–H and O–H groups in total. The molecule has 2 fully saturated rings. The molecule has 0 aromatic rings. The highest BCUT2D eigenvalue weighted by Gasteiger charge is 2.34. The zero-order valence-corrected chi connectivity index (χ0v) is 15.4. The number of carbonyl (C=O) groups excluding carboxylic acids is 1. The maximum absolute atomic E-state index is 11.9. The average molecular weight is 340 g/mol. The maximum Gasteiger partial charge on any atom is 0.410 e. The lowest BCUT2D eigenvalue weighted by Gasteiger charge is -2.40. The minimum atomic E-state index is -0.450. The molecule has 0 aliphatic carbocycles. The van der Waals surface area contributed by atoms with Crippen molar-refractivity contribution in [1.29, 1.82) is 0 Å². The number of aliphatic imine (C=N–C) groups is 1. The summed E-state index contributed by atoms with van der Waals surface area (Å²) in [6, 6.07) is 0.220. The molecule has 1 unspecified atom stereocenters. The second kappa shape index (κ2) is 8.55. The van der Waals surface area contributed by atoms with E-state index in [0.717, 1.165) is 44.9 Å². The molecular formula is C17H32N4O3. The molecule has 7 nitrogen and oxygen atoms in total. The van der Waals surface area contributed by atoms with Crippen LogP contribution in [0.2, 0.25) is 0 Å². The normalized spacial score (nSPS) is 22.2. The van der Waals surface area contributed by atoms with Gasteiger partial charge in [0.1, 0.15) is 5.60 Å². The van der Waals surface area contributed by atoms with Crippen molar-refractivity contribution < 1.29 is 14.3 Å². The molecule has 7 heteroatoms. The third-order valence-corrected chi connectivity index (χ3v) is 3.96. The third kappa shape index (κ3) is 6.19. The lowest BCUT2D eigenvalue weighted by atomic mass is 10.1. The number of ether oxygens (including phenoxy) is 2. The molecule has 0 bridgehead atoms. The Kier molecular flexibility index (Phi) is 6.71. The summed E-state index contributed by atoms with van der Waals surface area (Å²) in [5.41, 5.74) is -0.450. The first-order valence-corrected chi connectivity index (χ1v) is 9.01. The van der Waals surface area contributed by atoms with Gasteiger partial charge in [0.05, 0.1) is 12.1 Å². The summed E-state index contributed by atoms with van der Waals surface area (Å²) in [6.07, 6.45) is 3.39. The van der Waals surface area contributed by atoms with Crippen LogP contribution < -0.4 is 10.6 Å².